The van der Waals surface area contributed by atoms with Crippen LogP contribution >= 0.6 is 22.9 Å². The van der Waals surface area contributed by atoms with Crippen molar-refractivity contribution in [2.75, 3.05) is 0 Å². The van der Waals surface area contributed by atoms with Crippen LogP contribution in [0.3, 0.4) is 0 Å². The summed E-state index contributed by atoms with van der Waals surface area (Å²) in [5.74, 6) is -1.36. The molecule has 0 aliphatic rings. The average Bonchev–Trinajstić information content (AvgIpc) is 3.05. The summed E-state index contributed by atoms with van der Waals surface area (Å²) in [6.07, 6.45) is 1.35. The second kappa shape index (κ2) is 4.83. The van der Waals surface area contributed by atoms with Crippen molar-refractivity contribution in [3.05, 3.63) is 40.5 Å². The second-order valence-electron chi connectivity index (χ2n) is 4.13. The van der Waals surface area contributed by atoms with Crippen molar-refractivity contribution in [1.82, 2.24) is 9.97 Å². The number of nitrogens with zero attached hydrogens (tertiary/aromatic N) is 1. The Bertz CT molecular complexity index is 945. The second-order valence-corrected chi connectivity index (χ2v) is 7.52. The number of H-pyrrole nitrogens is 1. The number of halogens is 1. The monoisotopic (exact) mass is 342 g/mol. The number of aromatic nitrogens is 2. The third-order valence-corrected chi connectivity index (χ3v) is 6.11. The van der Waals surface area contributed by atoms with Crippen LogP contribution in [0, 0.1) is 0 Å². The van der Waals surface area contributed by atoms with Gasteiger partial charge in [-0.25, -0.2) is 18.2 Å². The zero-order valence-electron chi connectivity index (χ0n) is 10.2. The number of benzene rings is 1. The summed E-state index contributed by atoms with van der Waals surface area (Å²) in [4.78, 5) is 17.4. The first-order chi connectivity index (χ1) is 9.91. The van der Waals surface area contributed by atoms with Crippen molar-refractivity contribution in [1.29, 1.82) is 0 Å². The number of thiazole rings is 1. The maximum absolute atomic E-state index is 12.6. The molecular weight excluding hydrogens is 336 g/mol. The molecule has 3 aromatic rings. The Balaban J connectivity index is 2.43. The number of carbonyl (C=O) groups is 1. The van der Waals surface area contributed by atoms with Gasteiger partial charge in [0, 0.05) is 27.5 Å². The third kappa shape index (κ3) is 2.21. The Labute approximate surface area is 127 Å². The van der Waals surface area contributed by atoms with Gasteiger partial charge in [-0.05, 0) is 18.2 Å². The van der Waals surface area contributed by atoms with Crippen LogP contribution in [0.25, 0.3) is 10.9 Å². The maximum Gasteiger partial charge on any atom is 0.353 e. The molecule has 108 valence electrons. The van der Waals surface area contributed by atoms with E-state index in [1.807, 2.05) is 0 Å². The summed E-state index contributed by atoms with van der Waals surface area (Å²) < 4.78 is 25.1. The fraction of sp³-hybridized carbons (Fsp3) is 0. The molecule has 0 bridgehead atoms. The van der Waals surface area contributed by atoms with E-state index >= 15 is 0 Å². The van der Waals surface area contributed by atoms with Crippen LogP contribution in [-0.2, 0) is 9.84 Å². The highest BCUT2D eigenvalue weighted by Crippen LogP contribution is 2.33. The summed E-state index contributed by atoms with van der Waals surface area (Å²) >= 11 is 6.81. The first-order valence-electron chi connectivity index (χ1n) is 5.60. The Morgan fingerprint density at radius 3 is 2.76 bits per heavy atom. The Hall–Kier alpha value is -1.90. The van der Waals surface area contributed by atoms with E-state index in [0.29, 0.717) is 10.5 Å². The van der Waals surface area contributed by atoms with Crippen molar-refractivity contribution in [3.8, 4) is 0 Å². The predicted molar refractivity (Wildman–Crippen MR) is 77.8 cm³/mol. The van der Waals surface area contributed by atoms with Gasteiger partial charge in [-0.15, -0.1) is 11.3 Å². The molecule has 0 amide bonds. The molecule has 0 saturated heterocycles. The number of fused-ring (bicyclic) bond motifs is 1. The molecule has 0 fully saturated rings. The van der Waals surface area contributed by atoms with Crippen molar-refractivity contribution >= 4 is 49.6 Å². The highest BCUT2D eigenvalue weighted by Gasteiger charge is 2.31. The summed E-state index contributed by atoms with van der Waals surface area (Å²) in [7, 11) is -4.03. The number of carboxylic acid groups (broad SMARTS) is 1. The molecule has 0 unspecified atom stereocenters. The van der Waals surface area contributed by atoms with E-state index in [-0.39, 0.29) is 14.6 Å². The lowest BCUT2D eigenvalue weighted by Crippen LogP contribution is -2.08. The van der Waals surface area contributed by atoms with Crippen molar-refractivity contribution in [2.24, 2.45) is 0 Å². The third-order valence-electron chi connectivity index (χ3n) is 2.84. The Morgan fingerprint density at radius 1 is 1.38 bits per heavy atom. The lowest BCUT2D eigenvalue weighted by atomic mass is 10.2. The SMILES string of the molecule is O=C(O)c1[nH]c2ccc(Cl)cc2c1S(=O)(=O)c1nccs1. The summed E-state index contributed by atoms with van der Waals surface area (Å²) in [6, 6.07) is 4.50. The topological polar surface area (TPSA) is 100 Å². The maximum atomic E-state index is 12.6. The number of carboxylic acids is 1. The number of sulfone groups is 1. The first kappa shape index (κ1) is 14.1. The molecule has 9 heteroatoms. The van der Waals surface area contributed by atoms with Crippen LogP contribution in [0.5, 0.6) is 0 Å². The lowest BCUT2D eigenvalue weighted by molar-refractivity contribution is 0.0687. The molecule has 2 aromatic heterocycles. The number of rotatable bonds is 3. The van der Waals surface area contributed by atoms with Gasteiger partial charge in [-0.1, -0.05) is 11.6 Å². The largest absolute Gasteiger partial charge is 0.477 e. The Kier molecular flexibility index (Phi) is 3.23. The number of aromatic carboxylic acids is 1. The molecule has 2 N–H and O–H groups in total. The van der Waals surface area contributed by atoms with Crippen molar-refractivity contribution in [2.45, 2.75) is 9.24 Å². The number of aromatic amines is 1. The smallest absolute Gasteiger partial charge is 0.353 e. The van der Waals surface area contributed by atoms with E-state index in [2.05, 4.69) is 9.97 Å². The van der Waals surface area contributed by atoms with Crippen LogP contribution in [0.4, 0.5) is 0 Å². The number of hydrogen-bond acceptors (Lipinski definition) is 5. The van der Waals surface area contributed by atoms with E-state index in [4.69, 9.17) is 11.6 Å². The molecule has 0 saturated carbocycles. The molecule has 0 aliphatic heterocycles. The van der Waals surface area contributed by atoms with E-state index < -0.39 is 21.5 Å². The van der Waals surface area contributed by atoms with Gasteiger partial charge < -0.3 is 10.1 Å². The van der Waals surface area contributed by atoms with Crippen molar-refractivity contribution < 1.29 is 18.3 Å². The standard InChI is InChI=1S/C12H7ClN2O4S2/c13-6-1-2-8-7(5-6)10(9(15-8)11(16)17)21(18,19)12-14-3-4-20-12/h1-5,15H,(H,16,17). The first-order valence-corrected chi connectivity index (χ1v) is 8.34. The molecule has 0 atom stereocenters. The zero-order valence-corrected chi connectivity index (χ0v) is 12.6. The quantitative estimate of drug-likeness (QED) is 0.762. The van der Waals surface area contributed by atoms with Gasteiger partial charge in [0.2, 0.25) is 14.2 Å². The van der Waals surface area contributed by atoms with Gasteiger partial charge in [0.1, 0.15) is 10.6 Å². The minimum atomic E-state index is -4.03. The number of hydrogen-bond donors (Lipinski definition) is 2. The molecule has 0 radical (unpaired) electrons. The van der Waals surface area contributed by atoms with Gasteiger partial charge in [0.15, 0.2) is 0 Å². The average molecular weight is 343 g/mol. The van der Waals surface area contributed by atoms with Gasteiger partial charge in [-0.3, -0.25) is 0 Å². The molecule has 0 aliphatic carbocycles. The molecule has 2 heterocycles. The summed E-state index contributed by atoms with van der Waals surface area (Å²) in [6.45, 7) is 0. The molecular formula is C12H7ClN2O4S2. The fourth-order valence-corrected chi connectivity index (χ4v) is 4.69. The van der Waals surface area contributed by atoms with Crippen LogP contribution < -0.4 is 0 Å². The van der Waals surface area contributed by atoms with Gasteiger partial charge in [0.05, 0.1) is 0 Å². The summed E-state index contributed by atoms with van der Waals surface area (Å²) in [5.41, 5.74) is -0.0191. The van der Waals surface area contributed by atoms with Crippen LogP contribution in [0.15, 0.2) is 39.0 Å². The minimum Gasteiger partial charge on any atom is -0.477 e. The molecule has 21 heavy (non-hydrogen) atoms. The van der Waals surface area contributed by atoms with Crippen molar-refractivity contribution in [3.63, 3.8) is 0 Å². The van der Waals surface area contributed by atoms with Crippen LogP contribution in [0.1, 0.15) is 10.5 Å². The van der Waals surface area contributed by atoms with Gasteiger partial charge in [0.25, 0.3) is 0 Å². The Morgan fingerprint density at radius 2 is 2.14 bits per heavy atom. The fourth-order valence-electron chi connectivity index (χ4n) is 2.00. The molecule has 3 rings (SSSR count). The van der Waals surface area contributed by atoms with E-state index in [1.165, 1.54) is 23.7 Å². The zero-order chi connectivity index (χ0) is 15.2. The van der Waals surface area contributed by atoms with Crippen LogP contribution in [0.2, 0.25) is 5.02 Å². The lowest BCUT2D eigenvalue weighted by Gasteiger charge is -2.01. The van der Waals surface area contributed by atoms with E-state index in [9.17, 15) is 18.3 Å². The predicted octanol–water partition coefficient (Wildman–Crippen LogP) is 2.81. The minimum absolute atomic E-state index is 0.161. The van der Waals surface area contributed by atoms with Gasteiger partial charge >= 0.3 is 5.97 Å². The van der Waals surface area contributed by atoms with E-state index in [1.54, 1.807) is 6.07 Å². The molecule has 0 spiro atoms. The normalized spacial score (nSPS) is 11.9. The van der Waals surface area contributed by atoms with Gasteiger partial charge in [-0.2, -0.15) is 0 Å². The highest BCUT2D eigenvalue weighted by molar-refractivity contribution is 7.93. The molecule has 1 aromatic carbocycles. The van der Waals surface area contributed by atoms with E-state index in [0.717, 1.165) is 11.3 Å². The highest BCUT2D eigenvalue weighted by atomic mass is 35.5. The summed E-state index contributed by atoms with van der Waals surface area (Å²) in [5, 5.41) is 11.3. The molecule has 6 nitrogen and oxygen atoms in total. The van der Waals surface area contributed by atoms with Crippen LogP contribution in [-0.4, -0.2) is 29.5 Å². The number of nitrogens with one attached hydrogen (secondary N) is 1.